The molecule has 0 bridgehead atoms. The molecule has 2 aromatic carbocycles. The first-order valence-electron chi connectivity index (χ1n) is 6.75. The summed E-state index contributed by atoms with van der Waals surface area (Å²) in [7, 11) is 1.37. The Kier molecular flexibility index (Phi) is 4.48. The number of benzene rings is 2. The van der Waals surface area contributed by atoms with Crippen LogP contribution in [0.25, 0.3) is 0 Å². The van der Waals surface area contributed by atoms with Crippen molar-refractivity contribution in [2.24, 2.45) is 0 Å². The number of nitrogens with one attached hydrogen (secondary N) is 1. The Morgan fingerprint density at radius 1 is 1.19 bits per heavy atom. The van der Waals surface area contributed by atoms with E-state index in [0.29, 0.717) is 5.56 Å². The van der Waals surface area contributed by atoms with E-state index in [1.54, 1.807) is 24.3 Å². The van der Waals surface area contributed by atoms with Crippen LogP contribution in [0.1, 0.15) is 34.5 Å². The van der Waals surface area contributed by atoms with Gasteiger partial charge in [-0.3, -0.25) is 0 Å². The molecule has 0 aliphatic carbocycles. The van der Waals surface area contributed by atoms with Crippen LogP contribution in [0.15, 0.2) is 42.5 Å². The van der Waals surface area contributed by atoms with Gasteiger partial charge >= 0.3 is 5.97 Å². The van der Waals surface area contributed by atoms with Crippen LogP contribution in [0.3, 0.4) is 0 Å². The van der Waals surface area contributed by atoms with E-state index >= 15 is 0 Å². The predicted octanol–water partition coefficient (Wildman–Crippen LogP) is 3.66. The van der Waals surface area contributed by atoms with Crippen molar-refractivity contribution >= 4 is 11.7 Å². The van der Waals surface area contributed by atoms with Gasteiger partial charge in [0.25, 0.3) is 0 Å². The molecular weight excluding hydrogens is 266 g/mol. The molecule has 1 atom stereocenters. The number of esters is 1. The molecular formula is C17H19NO3. The third-order valence-corrected chi connectivity index (χ3v) is 3.41. The second-order valence-electron chi connectivity index (χ2n) is 4.98. The summed E-state index contributed by atoms with van der Waals surface area (Å²) in [6, 6.07) is 12.6. The average molecular weight is 285 g/mol. The van der Waals surface area contributed by atoms with Crippen molar-refractivity contribution in [3.05, 3.63) is 59.2 Å². The number of hydrogen-bond donors (Lipinski definition) is 2. The van der Waals surface area contributed by atoms with Crippen molar-refractivity contribution in [1.29, 1.82) is 0 Å². The number of carbonyl (C=O) groups is 1. The van der Waals surface area contributed by atoms with E-state index in [2.05, 4.69) is 10.1 Å². The van der Waals surface area contributed by atoms with Crippen molar-refractivity contribution in [1.82, 2.24) is 0 Å². The fourth-order valence-electron chi connectivity index (χ4n) is 2.29. The van der Waals surface area contributed by atoms with Crippen LogP contribution in [0.5, 0.6) is 5.75 Å². The van der Waals surface area contributed by atoms with E-state index in [1.807, 2.05) is 32.0 Å². The summed E-state index contributed by atoms with van der Waals surface area (Å²) in [6.07, 6.45) is 0. The normalized spacial score (nSPS) is 11.8. The van der Waals surface area contributed by atoms with Crippen LogP contribution in [-0.4, -0.2) is 18.2 Å². The number of ether oxygens (including phenoxy) is 1. The van der Waals surface area contributed by atoms with Gasteiger partial charge in [0, 0.05) is 11.7 Å². The minimum absolute atomic E-state index is 0.0922. The third-order valence-electron chi connectivity index (χ3n) is 3.41. The standard InChI is InChI=1S/C17H19NO3/c1-11-10-15(19)8-9-16(11)12(2)18-14-6-4-13(5-7-14)17(20)21-3/h4-10,12,18-19H,1-3H3. The molecule has 0 aliphatic rings. The van der Waals surface area contributed by atoms with Gasteiger partial charge in [0.2, 0.25) is 0 Å². The van der Waals surface area contributed by atoms with Crippen molar-refractivity contribution in [2.45, 2.75) is 19.9 Å². The fourth-order valence-corrected chi connectivity index (χ4v) is 2.29. The zero-order chi connectivity index (χ0) is 15.4. The second-order valence-corrected chi connectivity index (χ2v) is 4.98. The molecule has 0 aliphatic heterocycles. The minimum atomic E-state index is -0.344. The number of hydrogen-bond acceptors (Lipinski definition) is 4. The summed E-state index contributed by atoms with van der Waals surface area (Å²) in [5, 5.41) is 12.8. The Balaban J connectivity index is 2.12. The molecule has 1 unspecified atom stereocenters. The number of phenols is 1. The predicted molar refractivity (Wildman–Crippen MR) is 82.7 cm³/mol. The number of methoxy groups -OCH3 is 1. The topological polar surface area (TPSA) is 58.6 Å². The van der Waals surface area contributed by atoms with Crippen LogP contribution in [0, 0.1) is 6.92 Å². The highest BCUT2D eigenvalue weighted by Gasteiger charge is 2.10. The van der Waals surface area contributed by atoms with Gasteiger partial charge in [0.1, 0.15) is 5.75 Å². The lowest BCUT2D eigenvalue weighted by Crippen LogP contribution is -2.08. The Bertz CT molecular complexity index is 635. The minimum Gasteiger partial charge on any atom is -0.508 e. The van der Waals surface area contributed by atoms with Crippen molar-refractivity contribution in [2.75, 3.05) is 12.4 Å². The number of rotatable bonds is 4. The molecule has 2 aromatic rings. The van der Waals surface area contributed by atoms with Crippen molar-refractivity contribution < 1.29 is 14.6 Å². The van der Waals surface area contributed by atoms with Gasteiger partial charge in [-0.2, -0.15) is 0 Å². The van der Waals surface area contributed by atoms with Gasteiger partial charge < -0.3 is 15.2 Å². The summed E-state index contributed by atoms with van der Waals surface area (Å²) in [6.45, 7) is 4.02. The molecule has 4 heteroatoms. The molecule has 0 amide bonds. The van der Waals surface area contributed by atoms with Gasteiger partial charge in [-0.1, -0.05) is 6.07 Å². The van der Waals surface area contributed by atoms with Crippen LogP contribution < -0.4 is 5.32 Å². The first-order valence-corrected chi connectivity index (χ1v) is 6.75. The smallest absolute Gasteiger partial charge is 0.337 e. The molecule has 0 spiro atoms. The van der Waals surface area contributed by atoms with Crippen molar-refractivity contribution in [3.63, 3.8) is 0 Å². The fraction of sp³-hybridized carbons (Fsp3) is 0.235. The molecule has 0 saturated heterocycles. The lowest BCUT2D eigenvalue weighted by Gasteiger charge is -2.18. The number of carbonyl (C=O) groups excluding carboxylic acids is 1. The first-order chi connectivity index (χ1) is 10.0. The van der Waals surface area contributed by atoms with E-state index < -0.39 is 0 Å². The molecule has 110 valence electrons. The summed E-state index contributed by atoms with van der Waals surface area (Å²) >= 11 is 0. The number of anilines is 1. The van der Waals surface area contributed by atoms with Gasteiger partial charge in [-0.25, -0.2) is 4.79 Å². The van der Waals surface area contributed by atoms with Crippen LogP contribution in [-0.2, 0) is 4.74 Å². The van der Waals surface area contributed by atoms with Gasteiger partial charge in [0.05, 0.1) is 12.7 Å². The Labute approximate surface area is 124 Å². The second kappa shape index (κ2) is 6.31. The molecule has 0 fully saturated rings. The molecule has 4 nitrogen and oxygen atoms in total. The molecule has 0 aromatic heterocycles. The summed E-state index contributed by atoms with van der Waals surface area (Å²) < 4.78 is 4.67. The molecule has 0 radical (unpaired) electrons. The molecule has 0 saturated carbocycles. The monoisotopic (exact) mass is 285 g/mol. The lowest BCUT2D eigenvalue weighted by molar-refractivity contribution is 0.0601. The summed E-state index contributed by atoms with van der Waals surface area (Å²) in [5.74, 6) is -0.0742. The van der Waals surface area contributed by atoms with Crippen LogP contribution in [0.2, 0.25) is 0 Å². The highest BCUT2D eigenvalue weighted by atomic mass is 16.5. The summed E-state index contributed by atoms with van der Waals surface area (Å²) in [5.41, 5.74) is 3.59. The number of aromatic hydroxyl groups is 1. The SMILES string of the molecule is COC(=O)c1ccc(NC(C)c2ccc(O)cc2C)cc1. The molecule has 2 rings (SSSR count). The van der Waals surface area contributed by atoms with E-state index in [-0.39, 0.29) is 17.8 Å². The highest BCUT2D eigenvalue weighted by Crippen LogP contribution is 2.25. The maximum absolute atomic E-state index is 11.4. The maximum atomic E-state index is 11.4. The summed E-state index contributed by atoms with van der Waals surface area (Å²) in [4.78, 5) is 11.4. The average Bonchev–Trinajstić information content (AvgIpc) is 2.47. The van der Waals surface area contributed by atoms with E-state index in [1.165, 1.54) is 7.11 Å². The Morgan fingerprint density at radius 3 is 2.43 bits per heavy atom. The first kappa shape index (κ1) is 14.9. The van der Waals surface area contributed by atoms with Gasteiger partial charge in [-0.15, -0.1) is 0 Å². The number of phenolic OH excluding ortho intramolecular Hbond substituents is 1. The Morgan fingerprint density at radius 2 is 1.86 bits per heavy atom. The van der Waals surface area contributed by atoms with Gasteiger partial charge in [-0.05, 0) is 61.4 Å². The lowest BCUT2D eigenvalue weighted by atomic mass is 10.0. The van der Waals surface area contributed by atoms with Gasteiger partial charge in [0.15, 0.2) is 0 Å². The van der Waals surface area contributed by atoms with Crippen molar-refractivity contribution in [3.8, 4) is 5.75 Å². The van der Waals surface area contributed by atoms with Crippen LogP contribution in [0.4, 0.5) is 5.69 Å². The zero-order valence-electron chi connectivity index (χ0n) is 12.4. The van der Waals surface area contributed by atoms with E-state index in [0.717, 1.165) is 16.8 Å². The Hall–Kier alpha value is -2.49. The quantitative estimate of drug-likeness (QED) is 0.842. The molecule has 2 N–H and O–H groups in total. The number of aryl methyl sites for hydroxylation is 1. The van der Waals surface area contributed by atoms with E-state index in [4.69, 9.17) is 0 Å². The van der Waals surface area contributed by atoms with E-state index in [9.17, 15) is 9.90 Å². The van der Waals surface area contributed by atoms with Crippen LogP contribution >= 0.6 is 0 Å². The third kappa shape index (κ3) is 3.54. The maximum Gasteiger partial charge on any atom is 0.337 e. The zero-order valence-corrected chi connectivity index (χ0v) is 12.4. The highest BCUT2D eigenvalue weighted by molar-refractivity contribution is 5.89. The largest absolute Gasteiger partial charge is 0.508 e. The molecule has 0 heterocycles. The molecule has 21 heavy (non-hydrogen) atoms.